The molecule has 144 valence electrons. The molecule has 27 heavy (non-hydrogen) atoms. The summed E-state index contributed by atoms with van der Waals surface area (Å²) in [7, 11) is -3.98. The van der Waals surface area contributed by atoms with E-state index in [0.29, 0.717) is 30.4 Å². The van der Waals surface area contributed by atoms with Gasteiger partial charge in [-0.25, -0.2) is 8.42 Å². The summed E-state index contributed by atoms with van der Waals surface area (Å²) in [5, 5.41) is 2.73. The fourth-order valence-corrected chi connectivity index (χ4v) is 4.16. The average molecular weight is 390 g/mol. The molecule has 1 N–H and O–H groups in total. The second-order valence-corrected chi connectivity index (χ2v) is 8.24. The summed E-state index contributed by atoms with van der Waals surface area (Å²) >= 11 is 0. The van der Waals surface area contributed by atoms with Gasteiger partial charge in [0.2, 0.25) is 5.91 Å². The van der Waals surface area contributed by atoms with Gasteiger partial charge in [-0.2, -0.15) is 0 Å². The topological polar surface area (TPSA) is 84.9 Å². The van der Waals surface area contributed by atoms with Gasteiger partial charge in [0, 0.05) is 12.1 Å². The summed E-state index contributed by atoms with van der Waals surface area (Å²) in [6.07, 6.45) is 0. The fraction of sp³-hybridized carbons (Fsp3) is 0.316. The summed E-state index contributed by atoms with van der Waals surface area (Å²) in [6, 6.07) is 12.9. The van der Waals surface area contributed by atoms with Crippen molar-refractivity contribution in [1.29, 1.82) is 0 Å². The third kappa shape index (κ3) is 4.33. The molecule has 1 aliphatic heterocycles. The van der Waals surface area contributed by atoms with Crippen molar-refractivity contribution in [3.8, 4) is 11.5 Å². The van der Waals surface area contributed by atoms with Gasteiger partial charge in [0.1, 0.15) is 19.8 Å². The van der Waals surface area contributed by atoms with Crippen molar-refractivity contribution in [3.05, 3.63) is 48.5 Å². The molecule has 2 aromatic rings. The number of nitrogens with zero attached hydrogens (tertiary/aromatic N) is 1. The van der Waals surface area contributed by atoms with E-state index >= 15 is 0 Å². The van der Waals surface area contributed by atoms with E-state index in [9.17, 15) is 13.2 Å². The number of amides is 1. The zero-order valence-electron chi connectivity index (χ0n) is 15.2. The molecule has 3 rings (SSSR count). The van der Waals surface area contributed by atoms with Gasteiger partial charge in [-0.05, 0) is 38.1 Å². The number of hydrogen-bond acceptors (Lipinski definition) is 5. The summed E-state index contributed by atoms with van der Waals surface area (Å²) in [5.41, 5.74) is 0.409. The molecule has 0 saturated heterocycles. The molecule has 0 aliphatic carbocycles. The number of carbonyl (C=O) groups is 1. The van der Waals surface area contributed by atoms with Crippen LogP contribution >= 0.6 is 0 Å². The van der Waals surface area contributed by atoms with E-state index in [0.717, 1.165) is 4.31 Å². The predicted octanol–water partition coefficient (Wildman–Crippen LogP) is 2.18. The highest BCUT2D eigenvalue weighted by molar-refractivity contribution is 7.92. The SMILES string of the molecule is CC(C)NC(=O)CN(c1ccccc1)S(=O)(=O)c1ccc2c(c1)OCCO2. The van der Waals surface area contributed by atoms with Crippen LogP contribution in [0.25, 0.3) is 0 Å². The third-order valence-corrected chi connectivity index (χ3v) is 5.65. The molecule has 7 nitrogen and oxygen atoms in total. The van der Waals surface area contributed by atoms with E-state index in [1.165, 1.54) is 12.1 Å². The summed E-state index contributed by atoms with van der Waals surface area (Å²) < 4.78 is 38.6. The molecule has 1 aliphatic rings. The summed E-state index contributed by atoms with van der Waals surface area (Å²) in [5.74, 6) is 0.501. The van der Waals surface area contributed by atoms with Crippen LogP contribution in [0.4, 0.5) is 5.69 Å². The second-order valence-electron chi connectivity index (χ2n) is 6.37. The van der Waals surface area contributed by atoms with Crippen LogP contribution in [0.2, 0.25) is 0 Å². The van der Waals surface area contributed by atoms with E-state index in [1.807, 2.05) is 13.8 Å². The van der Waals surface area contributed by atoms with Crippen LogP contribution in [0.1, 0.15) is 13.8 Å². The van der Waals surface area contributed by atoms with E-state index in [-0.39, 0.29) is 23.4 Å². The smallest absolute Gasteiger partial charge is 0.264 e. The molecule has 0 saturated carbocycles. The lowest BCUT2D eigenvalue weighted by molar-refractivity contribution is -0.120. The number of ether oxygens (including phenoxy) is 2. The maximum atomic E-state index is 13.3. The molecule has 0 atom stereocenters. The molecular weight excluding hydrogens is 368 g/mol. The largest absolute Gasteiger partial charge is 0.486 e. The van der Waals surface area contributed by atoms with Gasteiger partial charge in [-0.15, -0.1) is 0 Å². The number of hydrogen-bond donors (Lipinski definition) is 1. The molecule has 0 aromatic heterocycles. The monoisotopic (exact) mass is 390 g/mol. The number of carbonyl (C=O) groups excluding carboxylic acids is 1. The number of nitrogens with one attached hydrogen (secondary N) is 1. The van der Waals surface area contributed by atoms with Crippen LogP contribution in [-0.4, -0.2) is 40.1 Å². The normalized spacial score (nSPS) is 13.3. The molecule has 1 amide bonds. The molecule has 0 fully saturated rings. The molecule has 2 aromatic carbocycles. The molecular formula is C19H22N2O5S. The number of fused-ring (bicyclic) bond motifs is 1. The van der Waals surface area contributed by atoms with Gasteiger partial charge in [0.15, 0.2) is 11.5 Å². The molecule has 0 radical (unpaired) electrons. The Kier molecular flexibility index (Phi) is 5.55. The number of para-hydroxylation sites is 1. The molecule has 0 spiro atoms. The first kappa shape index (κ1) is 19.0. The van der Waals surface area contributed by atoms with Crippen molar-refractivity contribution >= 4 is 21.6 Å². The minimum absolute atomic E-state index is 0.0351. The van der Waals surface area contributed by atoms with Gasteiger partial charge in [-0.3, -0.25) is 9.10 Å². The summed E-state index contributed by atoms with van der Waals surface area (Å²) in [4.78, 5) is 12.3. The Hall–Kier alpha value is -2.74. The van der Waals surface area contributed by atoms with Crippen molar-refractivity contribution in [2.24, 2.45) is 0 Å². The fourth-order valence-electron chi connectivity index (χ4n) is 2.72. The molecule has 1 heterocycles. The molecule has 8 heteroatoms. The lowest BCUT2D eigenvalue weighted by Crippen LogP contribution is -2.42. The highest BCUT2D eigenvalue weighted by atomic mass is 32.2. The Balaban J connectivity index is 1.98. The predicted molar refractivity (Wildman–Crippen MR) is 102 cm³/mol. The van der Waals surface area contributed by atoms with Crippen LogP contribution in [0.15, 0.2) is 53.4 Å². The number of rotatable bonds is 6. The van der Waals surface area contributed by atoms with Crippen molar-refractivity contribution in [1.82, 2.24) is 5.32 Å². The minimum atomic E-state index is -3.98. The Bertz CT molecular complexity index is 913. The number of sulfonamides is 1. The molecule has 0 unspecified atom stereocenters. The zero-order valence-corrected chi connectivity index (χ0v) is 16.0. The lowest BCUT2D eigenvalue weighted by Gasteiger charge is -2.25. The Labute approximate surface area is 158 Å². The lowest BCUT2D eigenvalue weighted by atomic mass is 10.3. The van der Waals surface area contributed by atoms with Crippen LogP contribution < -0.4 is 19.1 Å². The zero-order chi connectivity index (χ0) is 19.4. The quantitative estimate of drug-likeness (QED) is 0.817. The third-order valence-electron chi connectivity index (χ3n) is 3.88. The van der Waals surface area contributed by atoms with Crippen molar-refractivity contribution in [2.75, 3.05) is 24.1 Å². The standard InChI is InChI=1S/C19H22N2O5S/c1-14(2)20-19(22)13-21(15-6-4-3-5-7-15)27(23,24)16-8-9-17-18(12-16)26-11-10-25-17/h3-9,12,14H,10-11,13H2,1-2H3,(H,20,22). The van der Waals surface area contributed by atoms with Crippen LogP contribution in [0, 0.1) is 0 Å². The number of anilines is 1. The highest BCUT2D eigenvalue weighted by Crippen LogP contribution is 2.34. The van der Waals surface area contributed by atoms with Gasteiger partial charge in [0.05, 0.1) is 10.6 Å². The highest BCUT2D eigenvalue weighted by Gasteiger charge is 2.28. The maximum absolute atomic E-state index is 13.3. The van der Waals surface area contributed by atoms with Gasteiger partial charge < -0.3 is 14.8 Å². The Morgan fingerprint density at radius 1 is 1.07 bits per heavy atom. The van der Waals surface area contributed by atoms with E-state index in [2.05, 4.69) is 5.32 Å². The maximum Gasteiger partial charge on any atom is 0.264 e. The molecule has 0 bridgehead atoms. The Morgan fingerprint density at radius 3 is 2.41 bits per heavy atom. The van der Waals surface area contributed by atoms with E-state index in [4.69, 9.17) is 9.47 Å². The van der Waals surface area contributed by atoms with Gasteiger partial charge in [-0.1, -0.05) is 18.2 Å². The first-order chi connectivity index (χ1) is 12.9. The number of benzene rings is 2. The average Bonchev–Trinajstić information content (AvgIpc) is 2.65. The second kappa shape index (κ2) is 7.87. The van der Waals surface area contributed by atoms with Gasteiger partial charge in [0.25, 0.3) is 10.0 Å². The Morgan fingerprint density at radius 2 is 1.74 bits per heavy atom. The first-order valence-electron chi connectivity index (χ1n) is 8.65. The van der Waals surface area contributed by atoms with E-state index < -0.39 is 10.0 Å². The van der Waals surface area contributed by atoms with Crippen LogP contribution in [-0.2, 0) is 14.8 Å². The van der Waals surface area contributed by atoms with Crippen molar-refractivity contribution in [2.45, 2.75) is 24.8 Å². The first-order valence-corrected chi connectivity index (χ1v) is 10.1. The minimum Gasteiger partial charge on any atom is -0.486 e. The van der Waals surface area contributed by atoms with Crippen molar-refractivity contribution in [3.63, 3.8) is 0 Å². The van der Waals surface area contributed by atoms with Crippen LogP contribution in [0.3, 0.4) is 0 Å². The summed E-state index contributed by atoms with van der Waals surface area (Å²) in [6.45, 7) is 4.10. The van der Waals surface area contributed by atoms with Crippen LogP contribution in [0.5, 0.6) is 11.5 Å². The van der Waals surface area contributed by atoms with Crippen molar-refractivity contribution < 1.29 is 22.7 Å². The van der Waals surface area contributed by atoms with Gasteiger partial charge >= 0.3 is 0 Å². The van der Waals surface area contributed by atoms with E-state index in [1.54, 1.807) is 36.4 Å².